The predicted octanol–water partition coefficient (Wildman–Crippen LogP) is 4.10. The molecule has 1 saturated heterocycles. The number of nitrogens with two attached hydrogens (primary N) is 1. The minimum absolute atomic E-state index is 0. The van der Waals surface area contributed by atoms with E-state index >= 15 is 0 Å². The van der Waals surface area contributed by atoms with Crippen LogP contribution in [0.25, 0.3) is 16.5 Å². The van der Waals surface area contributed by atoms with Crippen molar-refractivity contribution >= 4 is 45.6 Å². The van der Waals surface area contributed by atoms with Crippen LogP contribution in [0, 0.1) is 0 Å². The third-order valence-electron chi connectivity index (χ3n) is 5.77. The number of hydrogen-bond acceptors (Lipinski definition) is 8. The summed E-state index contributed by atoms with van der Waals surface area (Å²) in [5.74, 6) is 1.01. The molecule has 0 aliphatic carbocycles. The lowest BCUT2D eigenvalue weighted by molar-refractivity contribution is 0.0322. The second-order valence-electron chi connectivity index (χ2n) is 8.14. The van der Waals surface area contributed by atoms with Crippen LogP contribution in [0.3, 0.4) is 0 Å². The maximum absolute atomic E-state index is 12.8. The zero-order valence-electron chi connectivity index (χ0n) is 20.3. The summed E-state index contributed by atoms with van der Waals surface area (Å²) in [5, 5.41) is 7.13. The second kappa shape index (κ2) is 13.2. The van der Waals surface area contributed by atoms with Crippen LogP contribution in [0.5, 0.6) is 11.5 Å². The molecule has 1 aromatic heterocycles. The van der Waals surface area contributed by atoms with Crippen LogP contribution in [0.1, 0.15) is 15.9 Å². The highest BCUT2D eigenvalue weighted by atomic mass is 35.5. The van der Waals surface area contributed by atoms with Gasteiger partial charge in [-0.1, -0.05) is 6.07 Å². The van der Waals surface area contributed by atoms with Gasteiger partial charge < -0.3 is 14.2 Å². The van der Waals surface area contributed by atoms with Crippen molar-refractivity contribution in [1.82, 2.24) is 4.90 Å². The molecule has 0 spiro atoms. The zero-order valence-corrected chi connectivity index (χ0v) is 22.7. The molecule has 0 bridgehead atoms. The molecule has 0 atom stereocenters. The molecule has 2 heterocycles. The number of nitrogens with zero attached hydrogens (tertiary/aromatic N) is 1. The molecule has 37 heavy (non-hydrogen) atoms. The van der Waals surface area contributed by atoms with Gasteiger partial charge in [-0.05, 0) is 53.9 Å². The maximum Gasteiger partial charge on any atom is 0.238 e. The summed E-state index contributed by atoms with van der Waals surface area (Å²) in [7, 11) is -2.20. The van der Waals surface area contributed by atoms with E-state index in [9.17, 15) is 13.2 Å². The van der Waals surface area contributed by atoms with Crippen molar-refractivity contribution in [1.29, 1.82) is 0 Å². The van der Waals surface area contributed by atoms with E-state index in [1.807, 2.05) is 29.6 Å². The Kier molecular flexibility index (Phi) is 10.3. The topological polar surface area (TPSA) is 108 Å². The number of hydrogen-bond donors (Lipinski definition) is 1. The van der Waals surface area contributed by atoms with Gasteiger partial charge in [0.1, 0.15) is 18.1 Å². The number of benzene rings is 2. The average Bonchev–Trinajstić information content (AvgIpc) is 3.42. The van der Waals surface area contributed by atoms with Crippen molar-refractivity contribution in [2.75, 3.05) is 46.6 Å². The molecule has 0 radical (unpaired) electrons. The summed E-state index contributed by atoms with van der Waals surface area (Å²) in [6.07, 6.45) is 3.15. The van der Waals surface area contributed by atoms with Gasteiger partial charge in [0.05, 0.1) is 25.2 Å². The highest BCUT2D eigenvalue weighted by Gasteiger charge is 2.15. The molecule has 0 amide bonds. The Balaban J connectivity index is 0.00000380. The monoisotopic (exact) mass is 564 g/mol. The minimum atomic E-state index is -3.82. The Labute approximate surface area is 227 Å². The summed E-state index contributed by atoms with van der Waals surface area (Å²) in [4.78, 5) is 16.1. The number of primary sulfonamides is 1. The third kappa shape index (κ3) is 7.64. The molecule has 0 unspecified atom stereocenters. The number of ketones is 1. The summed E-state index contributed by atoms with van der Waals surface area (Å²) < 4.78 is 40.1. The number of rotatable bonds is 10. The minimum Gasteiger partial charge on any atom is -0.496 e. The van der Waals surface area contributed by atoms with Crippen molar-refractivity contribution < 1.29 is 27.4 Å². The molecule has 2 aromatic carbocycles. The number of carbonyl (C=O) groups is 1. The lowest BCUT2D eigenvalue weighted by Crippen LogP contribution is -2.38. The molecular formula is C26H29ClN2O6S2. The Morgan fingerprint density at radius 2 is 1.86 bits per heavy atom. The molecule has 198 valence electrons. The van der Waals surface area contributed by atoms with E-state index in [0.717, 1.165) is 48.9 Å². The second-order valence-corrected chi connectivity index (χ2v) is 10.6. The largest absolute Gasteiger partial charge is 0.496 e. The van der Waals surface area contributed by atoms with Crippen LogP contribution >= 0.6 is 23.7 Å². The van der Waals surface area contributed by atoms with Gasteiger partial charge in [0, 0.05) is 47.3 Å². The molecule has 1 aliphatic rings. The van der Waals surface area contributed by atoms with Gasteiger partial charge >= 0.3 is 0 Å². The molecule has 1 aliphatic heterocycles. The summed E-state index contributed by atoms with van der Waals surface area (Å²) >= 11 is 1.59. The first-order valence-electron chi connectivity index (χ1n) is 11.4. The smallest absolute Gasteiger partial charge is 0.238 e. The van der Waals surface area contributed by atoms with E-state index < -0.39 is 10.0 Å². The Hall–Kier alpha value is -2.73. The Bertz CT molecular complexity index is 1320. The van der Waals surface area contributed by atoms with Gasteiger partial charge in [-0.15, -0.1) is 23.7 Å². The number of carbonyl (C=O) groups excluding carboxylic acids is 1. The number of halogens is 1. The molecule has 8 nitrogen and oxygen atoms in total. The molecule has 0 saturated carbocycles. The van der Waals surface area contributed by atoms with Crippen molar-refractivity contribution in [3.05, 3.63) is 71.1 Å². The van der Waals surface area contributed by atoms with Crippen LogP contribution in [0.15, 0.2) is 64.9 Å². The van der Waals surface area contributed by atoms with Crippen molar-refractivity contribution in [3.8, 4) is 21.9 Å². The van der Waals surface area contributed by atoms with Crippen LogP contribution in [-0.4, -0.2) is 65.7 Å². The number of methoxy groups -OCH3 is 1. The number of sulfonamides is 1. The number of allylic oxidation sites excluding steroid dienone is 1. The van der Waals surface area contributed by atoms with E-state index in [2.05, 4.69) is 4.90 Å². The lowest BCUT2D eigenvalue weighted by atomic mass is 10.0. The lowest BCUT2D eigenvalue weighted by Gasteiger charge is -2.26. The predicted molar refractivity (Wildman–Crippen MR) is 147 cm³/mol. The van der Waals surface area contributed by atoms with Gasteiger partial charge in [-0.25, -0.2) is 13.6 Å². The highest BCUT2D eigenvalue weighted by molar-refractivity contribution is 7.89. The first kappa shape index (κ1) is 28.8. The Morgan fingerprint density at radius 3 is 2.49 bits per heavy atom. The van der Waals surface area contributed by atoms with Crippen molar-refractivity contribution in [2.24, 2.45) is 5.14 Å². The summed E-state index contributed by atoms with van der Waals surface area (Å²) in [5.41, 5.74) is 1.98. The van der Waals surface area contributed by atoms with Gasteiger partial charge in [-0.3, -0.25) is 9.69 Å². The SMILES string of the molecule is COc1cc(OCCN2CCOCC2)c(/C=C/C(=O)c2ccc(S(N)(=O)=O)cc2)cc1-c1cccs1.Cl. The van der Waals surface area contributed by atoms with E-state index in [0.29, 0.717) is 23.7 Å². The quantitative estimate of drug-likeness (QED) is 0.292. The molecule has 4 rings (SSSR count). The zero-order chi connectivity index (χ0) is 25.5. The van der Waals surface area contributed by atoms with Gasteiger partial charge in [0.15, 0.2) is 5.78 Å². The number of morpholine rings is 1. The van der Waals surface area contributed by atoms with Crippen LogP contribution < -0.4 is 14.6 Å². The maximum atomic E-state index is 12.8. The van der Waals surface area contributed by atoms with E-state index in [1.54, 1.807) is 24.5 Å². The molecule has 1 fully saturated rings. The van der Waals surface area contributed by atoms with Gasteiger partial charge in [-0.2, -0.15) is 0 Å². The number of ether oxygens (including phenoxy) is 3. The first-order valence-corrected chi connectivity index (χ1v) is 13.8. The van der Waals surface area contributed by atoms with Crippen molar-refractivity contribution in [3.63, 3.8) is 0 Å². The highest BCUT2D eigenvalue weighted by Crippen LogP contribution is 2.38. The third-order valence-corrected chi connectivity index (χ3v) is 7.60. The summed E-state index contributed by atoms with van der Waals surface area (Å²) in [6.45, 7) is 4.42. The van der Waals surface area contributed by atoms with Gasteiger partial charge in [0.25, 0.3) is 0 Å². The van der Waals surface area contributed by atoms with E-state index in [1.165, 1.54) is 30.3 Å². The van der Waals surface area contributed by atoms with E-state index in [4.69, 9.17) is 19.3 Å². The molecular weight excluding hydrogens is 536 g/mol. The fraction of sp³-hybridized carbons (Fsp3) is 0.269. The van der Waals surface area contributed by atoms with E-state index in [-0.39, 0.29) is 23.1 Å². The van der Waals surface area contributed by atoms with Crippen molar-refractivity contribution in [2.45, 2.75) is 4.90 Å². The number of thiophene rings is 1. The molecule has 3 aromatic rings. The van der Waals surface area contributed by atoms with Crippen LogP contribution in [0.2, 0.25) is 0 Å². The first-order chi connectivity index (χ1) is 17.3. The molecule has 11 heteroatoms. The van der Waals surface area contributed by atoms with Crippen LogP contribution in [0.4, 0.5) is 0 Å². The summed E-state index contributed by atoms with van der Waals surface area (Å²) in [6, 6.07) is 13.3. The standard InChI is InChI=1S/C26H28N2O6S2.ClH/c1-32-25-18-24(34-15-12-28-10-13-33-14-11-28)20(17-22(25)26-3-2-16-35-26)6-9-23(29)19-4-7-21(8-5-19)36(27,30)31;/h2-9,16-18H,10-15H2,1H3,(H2,27,30,31);1H/b9-6+;. The fourth-order valence-corrected chi connectivity index (χ4v) is 5.07. The normalized spacial score (nSPS) is 14.3. The molecule has 2 N–H and O–H groups in total. The fourth-order valence-electron chi connectivity index (χ4n) is 3.81. The Morgan fingerprint density at radius 1 is 1.14 bits per heavy atom. The van der Waals surface area contributed by atoms with Crippen LogP contribution in [-0.2, 0) is 14.8 Å². The average molecular weight is 565 g/mol. The van der Waals surface area contributed by atoms with Gasteiger partial charge in [0.2, 0.25) is 10.0 Å².